The molecule has 0 aromatic carbocycles. The minimum absolute atomic E-state index is 0.00806. The number of hydrogen-bond donors (Lipinski definition) is 2. The van der Waals surface area contributed by atoms with Crippen LogP contribution in [-0.4, -0.2) is 41.2 Å². The Morgan fingerprint density at radius 2 is 2.06 bits per heavy atom. The molecule has 0 saturated carbocycles. The lowest BCUT2D eigenvalue weighted by molar-refractivity contribution is -0.174. The maximum atomic E-state index is 14.5. The molecule has 3 N–H and O–H groups in total. The van der Waals surface area contributed by atoms with Gasteiger partial charge in [-0.3, -0.25) is 4.90 Å². The lowest BCUT2D eigenvalue weighted by Gasteiger charge is -2.48. The van der Waals surface area contributed by atoms with Crippen LogP contribution in [0.15, 0.2) is 0 Å². The summed E-state index contributed by atoms with van der Waals surface area (Å²) in [5.41, 5.74) is 4.79. The number of rotatable bonds is 2. The van der Waals surface area contributed by atoms with Crippen molar-refractivity contribution in [3.8, 4) is 0 Å². The second kappa shape index (κ2) is 4.99. The molecule has 1 amide bonds. The van der Waals surface area contributed by atoms with Crippen molar-refractivity contribution >= 4 is 6.09 Å². The van der Waals surface area contributed by atoms with E-state index in [2.05, 4.69) is 0 Å². The van der Waals surface area contributed by atoms with Crippen LogP contribution in [0.1, 0.15) is 33.6 Å². The fourth-order valence-electron chi connectivity index (χ4n) is 2.80. The van der Waals surface area contributed by atoms with Gasteiger partial charge in [0.25, 0.3) is 5.92 Å². The van der Waals surface area contributed by atoms with Crippen molar-refractivity contribution < 1.29 is 18.7 Å². The van der Waals surface area contributed by atoms with Gasteiger partial charge < -0.3 is 10.8 Å². The third-order valence-electron chi connectivity index (χ3n) is 3.67. The highest BCUT2D eigenvalue weighted by molar-refractivity contribution is 5.65. The van der Waals surface area contributed by atoms with Crippen LogP contribution in [0.4, 0.5) is 13.6 Å². The second-order valence-electron chi connectivity index (χ2n) is 5.95. The zero-order valence-corrected chi connectivity index (χ0v) is 11.1. The van der Waals surface area contributed by atoms with Gasteiger partial charge in [-0.25, -0.2) is 13.6 Å². The number of nitrogens with zero attached hydrogens (tertiary/aromatic N) is 1. The Morgan fingerprint density at radius 1 is 1.50 bits per heavy atom. The van der Waals surface area contributed by atoms with Gasteiger partial charge in [0.2, 0.25) is 0 Å². The molecule has 1 fully saturated rings. The Bertz CT molecular complexity index is 316. The number of carboxylic acid groups (broad SMARTS) is 1. The van der Waals surface area contributed by atoms with Gasteiger partial charge in [-0.2, -0.15) is 0 Å². The summed E-state index contributed by atoms with van der Waals surface area (Å²) < 4.78 is 28.9. The Balaban J connectivity index is 3.05. The van der Waals surface area contributed by atoms with E-state index >= 15 is 0 Å². The fourth-order valence-corrected chi connectivity index (χ4v) is 2.80. The first-order valence-corrected chi connectivity index (χ1v) is 6.19. The van der Waals surface area contributed by atoms with E-state index < -0.39 is 29.4 Å². The molecule has 18 heavy (non-hydrogen) atoms. The maximum absolute atomic E-state index is 14.5. The van der Waals surface area contributed by atoms with E-state index in [0.29, 0.717) is 0 Å². The molecule has 106 valence electrons. The number of halogens is 2. The van der Waals surface area contributed by atoms with Gasteiger partial charge in [0.1, 0.15) is 6.04 Å². The smallest absolute Gasteiger partial charge is 0.407 e. The van der Waals surface area contributed by atoms with E-state index in [1.54, 1.807) is 20.8 Å². The molecule has 0 bridgehead atoms. The molecule has 1 aliphatic rings. The monoisotopic (exact) mass is 264 g/mol. The van der Waals surface area contributed by atoms with Crippen LogP contribution in [0.25, 0.3) is 0 Å². The Hall–Kier alpha value is -0.910. The van der Waals surface area contributed by atoms with Gasteiger partial charge in [0, 0.05) is 12.5 Å². The van der Waals surface area contributed by atoms with Gasteiger partial charge in [0.05, 0.1) is 0 Å². The highest BCUT2D eigenvalue weighted by Crippen LogP contribution is 2.47. The molecule has 1 rings (SSSR count). The quantitative estimate of drug-likeness (QED) is 0.804. The first-order valence-electron chi connectivity index (χ1n) is 6.19. The molecule has 1 heterocycles. The fraction of sp³-hybridized carbons (Fsp3) is 0.917. The van der Waals surface area contributed by atoms with Crippen molar-refractivity contribution in [2.45, 2.75) is 45.6 Å². The molecule has 2 atom stereocenters. The molecule has 1 saturated heterocycles. The van der Waals surface area contributed by atoms with Gasteiger partial charge in [0.15, 0.2) is 0 Å². The number of hydrogen-bond acceptors (Lipinski definition) is 2. The molecule has 0 spiro atoms. The first-order chi connectivity index (χ1) is 8.12. The van der Waals surface area contributed by atoms with E-state index in [1.165, 1.54) is 0 Å². The van der Waals surface area contributed by atoms with Gasteiger partial charge in [-0.05, 0) is 24.8 Å². The average molecular weight is 264 g/mol. The first kappa shape index (κ1) is 15.1. The third kappa shape index (κ3) is 2.74. The molecule has 4 nitrogen and oxygen atoms in total. The molecule has 2 unspecified atom stereocenters. The van der Waals surface area contributed by atoms with Gasteiger partial charge in [-0.15, -0.1) is 0 Å². The van der Waals surface area contributed by atoms with Gasteiger partial charge in [-0.1, -0.05) is 20.8 Å². The number of likely N-dealkylation sites (tertiary alicyclic amines) is 1. The Labute approximate surface area is 106 Å². The summed E-state index contributed by atoms with van der Waals surface area (Å²) in [6.45, 7) is 5.50. The summed E-state index contributed by atoms with van der Waals surface area (Å²) in [5.74, 6) is -3.86. The van der Waals surface area contributed by atoms with E-state index in [1.807, 2.05) is 0 Å². The predicted octanol–water partition coefficient (Wildman–Crippen LogP) is 2.39. The third-order valence-corrected chi connectivity index (χ3v) is 3.67. The highest BCUT2D eigenvalue weighted by atomic mass is 19.3. The summed E-state index contributed by atoms with van der Waals surface area (Å²) >= 11 is 0. The van der Waals surface area contributed by atoms with Crippen LogP contribution in [-0.2, 0) is 0 Å². The van der Waals surface area contributed by atoms with E-state index in [-0.39, 0.29) is 25.9 Å². The van der Waals surface area contributed by atoms with Crippen LogP contribution in [0.3, 0.4) is 0 Å². The van der Waals surface area contributed by atoms with Crippen LogP contribution in [0.5, 0.6) is 0 Å². The predicted molar refractivity (Wildman–Crippen MR) is 64.7 cm³/mol. The number of alkyl halides is 2. The van der Waals surface area contributed by atoms with Crippen molar-refractivity contribution in [3.05, 3.63) is 0 Å². The second-order valence-corrected chi connectivity index (χ2v) is 5.95. The van der Waals surface area contributed by atoms with E-state index in [4.69, 9.17) is 10.8 Å². The van der Waals surface area contributed by atoms with Crippen LogP contribution < -0.4 is 5.73 Å². The zero-order valence-electron chi connectivity index (χ0n) is 11.1. The lowest BCUT2D eigenvalue weighted by Crippen LogP contribution is -2.61. The number of carbonyl (C=O) groups is 1. The molecular weight excluding hydrogens is 242 g/mol. The molecule has 6 heteroatoms. The van der Waals surface area contributed by atoms with Crippen molar-refractivity contribution in [1.82, 2.24) is 4.90 Å². The minimum atomic E-state index is -3.03. The summed E-state index contributed by atoms with van der Waals surface area (Å²) in [6, 6.07) is -1.31. The molecular formula is C12H22F2N2O2. The normalized spacial score (nSPS) is 28.2. The largest absolute Gasteiger partial charge is 0.465 e. The summed E-state index contributed by atoms with van der Waals surface area (Å²) in [5, 5.41) is 9.01. The molecule has 1 aliphatic heterocycles. The molecule has 0 aromatic heterocycles. The Kier molecular flexibility index (Phi) is 4.20. The topological polar surface area (TPSA) is 66.6 Å². The van der Waals surface area contributed by atoms with E-state index in [9.17, 15) is 13.6 Å². The van der Waals surface area contributed by atoms with Crippen molar-refractivity contribution in [2.24, 2.45) is 17.1 Å². The van der Waals surface area contributed by atoms with Crippen LogP contribution in [0.2, 0.25) is 0 Å². The SMILES string of the molecule is CC(C)(C)C1CCN(C(=O)O)C(CCN)C1(F)F. The summed E-state index contributed by atoms with van der Waals surface area (Å²) in [6.07, 6.45) is -1.11. The Morgan fingerprint density at radius 3 is 2.44 bits per heavy atom. The maximum Gasteiger partial charge on any atom is 0.407 e. The zero-order chi connectivity index (χ0) is 14.1. The van der Waals surface area contributed by atoms with Crippen LogP contribution in [0, 0.1) is 11.3 Å². The van der Waals surface area contributed by atoms with Gasteiger partial charge >= 0.3 is 6.09 Å². The van der Waals surface area contributed by atoms with Crippen molar-refractivity contribution in [2.75, 3.05) is 13.1 Å². The van der Waals surface area contributed by atoms with E-state index in [0.717, 1.165) is 4.90 Å². The highest BCUT2D eigenvalue weighted by Gasteiger charge is 2.56. The summed E-state index contributed by atoms with van der Waals surface area (Å²) in [7, 11) is 0. The van der Waals surface area contributed by atoms with Crippen molar-refractivity contribution in [3.63, 3.8) is 0 Å². The molecule has 0 aliphatic carbocycles. The molecule has 0 radical (unpaired) electrons. The minimum Gasteiger partial charge on any atom is -0.465 e. The number of amides is 1. The number of piperidine rings is 1. The average Bonchev–Trinajstić information content (AvgIpc) is 2.18. The van der Waals surface area contributed by atoms with Crippen LogP contribution >= 0.6 is 0 Å². The van der Waals surface area contributed by atoms with Crippen molar-refractivity contribution in [1.29, 1.82) is 0 Å². The number of nitrogens with two attached hydrogens (primary N) is 1. The summed E-state index contributed by atoms with van der Waals surface area (Å²) in [4.78, 5) is 11.9. The molecule has 0 aromatic rings. The standard InChI is InChI=1S/C12H22F2N2O2/c1-11(2,3)8-5-7-16(10(17)18)9(4-6-15)12(8,13)14/h8-9H,4-7,15H2,1-3H3,(H,17,18). The lowest BCUT2D eigenvalue weighted by atomic mass is 9.70.